The SMILES string of the molecule is CCOC(=O)C1CCN(C(=NC)NCc2ncc(-c3ccccc3)[nH]2)CC1. The molecule has 1 saturated heterocycles. The summed E-state index contributed by atoms with van der Waals surface area (Å²) in [6.45, 7) is 4.43. The maximum Gasteiger partial charge on any atom is 0.309 e. The molecule has 1 fully saturated rings. The Kier molecular flexibility index (Phi) is 6.46. The number of piperidine rings is 1. The van der Waals surface area contributed by atoms with Crippen molar-refractivity contribution >= 4 is 11.9 Å². The molecule has 1 aromatic carbocycles. The molecule has 0 spiro atoms. The van der Waals surface area contributed by atoms with Crippen molar-refractivity contribution < 1.29 is 9.53 Å². The van der Waals surface area contributed by atoms with Crippen LogP contribution in [0.3, 0.4) is 0 Å². The van der Waals surface area contributed by atoms with Gasteiger partial charge in [-0.15, -0.1) is 0 Å². The second kappa shape index (κ2) is 9.21. The molecular formula is C20H27N5O2. The lowest BCUT2D eigenvalue weighted by atomic mass is 9.97. The molecule has 0 amide bonds. The Labute approximate surface area is 159 Å². The summed E-state index contributed by atoms with van der Waals surface area (Å²) in [7, 11) is 1.78. The first-order chi connectivity index (χ1) is 13.2. The predicted molar refractivity (Wildman–Crippen MR) is 105 cm³/mol. The number of aromatic amines is 1. The van der Waals surface area contributed by atoms with Crippen LogP contribution in [0, 0.1) is 5.92 Å². The summed E-state index contributed by atoms with van der Waals surface area (Å²) < 4.78 is 5.13. The molecule has 2 heterocycles. The Hall–Kier alpha value is -2.83. The van der Waals surface area contributed by atoms with Crippen molar-refractivity contribution in [2.75, 3.05) is 26.7 Å². The lowest BCUT2D eigenvalue weighted by Gasteiger charge is -2.33. The number of imidazole rings is 1. The smallest absolute Gasteiger partial charge is 0.309 e. The molecule has 2 aromatic rings. The van der Waals surface area contributed by atoms with E-state index in [1.54, 1.807) is 7.05 Å². The molecule has 1 aliphatic rings. The lowest BCUT2D eigenvalue weighted by molar-refractivity contribution is -0.149. The van der Waals surface area contributed by atoms with Crippen LogP contribution in [0.1, 0.15) is 25.6 Å². The van der Waals surface area contributed by atoms with Crippen molar-refractivity contribution in [3.63, 3.8) is 0 Å². The number of likely N-dealkylation sites (tertiary alicyclic amines) is 1. The zero-order valence-electron chi connectivity index (χ0n) is 15.9. The van der Waals surface area contributed by atoms with Crippen molar-refractivity contribution in [3.05, 3.63) is 42.4 Å². The highest BCUT2D eigenvalue weighted by molar-refractivity contribution is 5.80. The number of nitrogens with one attached hydrogen (secondary N) is 2. The van der Waals surface area contributed by atoms with Gasteiger partial charge in [0.05, 0.1) is 31.0 Å². The third kappa shape index (κ3) is 4.87. The number of esters is 1. The monoisotopic (exact) mass is 369 g/mol. The van der Waals surface area contributed by atoms with E-state index in [9.17, 15) is 4.79 Å². The predicted octanol–water partition coefficient (Wildman–Crippen LogP) is 2.43. The topological polar surface area (TPSA) is 82.6 Å². The maximum absolute atomic E-state index is 11.9. The fourth-order valence-corrected chi connectivity index (χ4v) is 3.30. The number of hydrogen-bond acceptors (Lipinski definition) is 4. The zero-order chi connectivity index (χ0) is 19.1. The molecular weight excluding hydrogens is 342 g/mol. The molecule has 7 heteroatoms. The number of aromatic nitrogens is 2. The van der Waals surface area contributed by atoms with Gasteiger partial charge in [0, 0.05) is 20.1 Å². The molecule has 0 atom stereocenters. The molecule has 0 aliphatic carbocycles. The van der Waals surface area contributed by atoms with Crippen LogP contribution in [0.15, 0.2) is 41.5 Å². The molecule has 0 unspecified atom stereocenters. The number of ether oxygens (including phenoxy) is 1. The van der Waals surface area contributed by atoms with E-state index in [0.717, 1.165) is 49.0 Å². The average molecular weight is 369 g/mol. The summed E-state index contributed by atoms with van der Waals surface area (Å²) in [5.74, 6) is 1.60. The number of nitrogens with zero attached hydrogens (tertiary/aromatic N) is 3. The van der Waals surface area contributed by atoms with Crippen LogP contribution in [-0.4, -0.2) is 53.5 Å². The fourth-order valence-electron chi connectivity index (χ4n) is 3.30. The van der Waals surface area contributed by atoms with Crippen LogP contribution >= 0.6 is 0 Å². The van der Waals surface area contributed by atoms with Crippen molar-refractivity contribution in [2.45, 2.75) is 26.3 Å². The minimum atomic E-state index is -0.0795. The van der Waals surface area contributed by atoms with E-state index in [4.69, 9.17) is 4.74 Å². The van der Waals surface area contributed by atoms with Crippen molar-refractivity contribution in [1.82, 2.24) is 20.2 Å². The molecule has 0 radical (unpaired) electrons. The number of aliphatic imine (C=N–C) groups is 1. The Bertz CT molecular complexity index is 764. The molecule has 144 valence electrons. The minimum absolute atomic E-state index is 0.00203. The van der Waals surface area contributed by atoms with Gasteiger partial charge in [0.15, 0.2) is 5.96 Å². The van der Waals surface area contributed by atoms with Crippen LogP contribution in [0.2, 0.25) is 0 Å². The summed E-state index contributed by atoms with van der Waals surface area (Å²) in [6, 6.07) is 10.1. The van der Waals surface area contributed by atoms with E-state index < -0.39 is 0 Å². The summed E-state index contributed by atoms with van der Waals surface area (Å²) in [6.07, 6.45) is 3.43. The number of hydrogen-bond donors (Lipinski definition) is 2. The molecule has 1 aromatic heterocycles. The van der Waals surface area contributed by atoms with Gasteiger partial charge in [-0.25, -0.2) is 4.98 Å². The fraction of sp³-hybridized carbons (Fsp3) is 0.450. The number of H-pyrrole nitrogens is 1. The van der Waals surface area contributed by atoms with E-state index in [1.807, 2.05) is 31.3 Å². The van der Waals surface area contributed by atoms with Gasteiger partial charge in [-0.2, -0.15) is 0 Å². The Morgan fingerprint density at radius 1 is 1.33 bits per heavy atom. The summed E-state index contributed by atoms with van der Waals surface area (Å²) in [4.78, 5) is 26.2. The number of rotatable bonds is 5. The highest BCUT2D eigenvalue weighted by Crippen LogP contribution is 2.19. The third-order valence-electron chi connectivity index (χ3n) is 4.75. The van der Waals surface area contributed by atoms with E-state index in [1.165, 1.54) is 0 Å². The third-order valence-corrected chi connectivity index (χ3v) is 4.75. The average Bonchev–Trinajstić information content (AvgIpc) is 3.19. The zero-order valence-corrected chi connectivity index (χ0v) is 15.9. The molecule has 0 bridgehead atoms. The summed E-state index contributed by atoms with van der Waals surface area (Å²) in [5, 5.41) is 3.36. The normalized spacial score (nSPS) is 15.6. The van der Waals surface area contributed by atoms with E-state index in [0.29, 0.717) is 13.2 Å². The van der Waals surface area contributed by atoms with E-state index in [-0.39, 0.29) is 11.9 Å². The number of benzene rings is 1. The van der Waals surface area contributed by atoms with Crippen LogP contribution in [0.25, 0.3) is 11.3 Å². The Balaban J connectivity index is 1.52. The van der Waals surface area contributed by atoms with Crippen LogP contribution in [0.4, 0.5) is 0 Å². The quantitative estimate of drug-likeness (QED) is 0.480. The number of carbonyl (C=O) groups excluding carboxylic acids is 1. The molecule has 2 N–H and O–H groups in total. The van der Waals surface area contributed by atoms with Crippen LogP contribution in [-0.2, 0) is 16.1 Å². The molecule has 3 rings (SSSR count). The second-order valence-electron chi connectivity index (χ2n) is 6.52. The number of carbonyl (C=O) groups is 1. The lowest BCUT2D eigenvalue weighted by Crippen LogP contribution is -2.46. The second-order valence-corrected chi connectivity index (χ2v) is 6.52. The first-order valence-corrected chi connectivity index (χ1v) is 9.42. The van der Waals surface area contributed by atoms with Gasteiger partial charge in [-0.05, 0) is 25.3 Å². The summed E-state index contributed by atoms with van der Waals surface area (Å²) in [5.41, 5.74) is 2.11. The highest BCUT2D eigenvalue weighted by Gasteiger charge is 2.27. The first-order valence-electron chi connectivity index (χ1n) is 9.42. The van der Waals surface area contributed by atoms with E-state index in [2.05, 4.69) is 37.3 Å². The standard InChI is InChI=1S/C20H27N5O2/c1-3-27-19(26)16-9-11-25(12-10-16)20(21-2)23-14-18-22-13-17(24-18)15-7-5-4-6-8-15/h4-8,13,16H,3,9-12,14H2,1-2H3,(H,21,23)(H,22,24). The van der Waals surface area contributed by atoms with Crippen molar-refractivity contribution in [3.8, 4) is 11.3 Å². The van der Waals surface area contributed by atoms with Gasteiger partial charge in [0.1, 0.15) is 5.82 Å². The summed E-state index contributed by atoms with van der Waals surface area (Å²) >= 11 is 0. The highest BCUT2D eigenvalue weighted by atomic mass is 16.5. The van der Waals surface area contributed by atoms with Gasteiger partial charge in [0.2, 0.25) is 0 Å². The van der Waals surface area contributed by atoms with Gasteiger partial charge in [-0.1, -0.05) is 30.3 Å². The Morgan fingerprint density at radius 2 is 2.07 bits per heavy atom. The van der Waals surface area contributed by atoms with Gasteiger partial charge in [-0.3, -0.25) is 9.79 Å². The molecule has 27 heavy (non-hydrogen) atoms. The van der Waals surface area contributed by atoms with Gasteiger partial charge < -0.3 is 19.9 Å². The first kappa shape index (κ1) is 18.9. The van der Waals surface area contributed by atoms with Gasteiger partial charge >= 0.3 is 5.97 Å². The maximum atomic E-state index is 11.9. The van der Waals surface area contributed by atoms with Crippen molar-refractivity contribution in [2.24, 2.45) is 10.9 Å². The van der Waals surface area contributed by atoms with Gasteiger partial charge in [0.25, 0.3) is 0 Å². The van der Waals surface area contributed by atoms with Crippen molar-refractivity contribution in [1.29, 1.82) is 0 Å². The molecule has 7 nitrogen and oxygen atoms in total. The Morgan fingerprint density at radius 3 is 2.74 bits per heavy atom. The molecule has 0 saturated carbocycles. The van der Waals surface area contributed by atoms with Crippen LogP contribution in [0.5, 0.6) is 0 Å². The number of guanidine groups is 1. The van der Waals surface area contributed by atoms with E-state index >= 15 is 0 Å². The largest absolute Gasteiger partial charge is 0.466 e. The minimum Gasteiger partial charge on any atom is -0.466 e. The van der Waals surface area contributed by atoms with Crippen LogP contribution < -0.4 is 5.32 Å². The molecule has 1 aliphatic heterocycles.